The molecule has 0 aliphatic heterocycles. The SMILES string of the molecule is CCN(Cc1ccccc1)c1ccc(/C=N/Nc2nc(C)cc(=O)[nH]2)cc1. The molecular formula is C21H23N5O. The summed E-state index contributed by atoms with van der Waals surface area (Å²) in [5.41, 5.74) is 6.58. The zero-order valence-corrected chi connectivity index (χ0v) is 15.5. The van der Waals surface area contributed by atoms with E-state index < -0.39 is 0 Å². The van der Waals surface area contributed by atoms with E-state index in [9.17, 15) is 4.79 Å². The zero-order valence-electron chi connectivity index (χ0n) is 15.5. The van der Waals surface area contributed by atoms with Crippen molar-refractivity contribution in [1.82, 2.24) is 9.97 Å². The third-order valence-electron chi connectivity index (χ3n) is 4.11. The number of hydrogen-bond acceptors (Lipinski definition) is 5. The fourth-order valence-electron chi connectivity index (χ4n) is 2.76. The minimum absolute atomic E-state index is 0.206. The lowest BCUT2D eigenvalue weighted by atomic mass is 10.1. The second-order valence-electron chi connectivity index (χ2n) is 6.20. The molecule has 1 aromatic heterocycles. The van der Waals surface area contributed by atoms with E-state index in [1.807, 2.05) is 18.2 Å². The second kappa shape index (κ2) is 8.80. The molecule has 0 fully saturated rings. The van der Waals surface area contributed by atoms with Gasteiger partial charge in [0.2, 0.25) is 5.95 Å². The quantitative estimate of drug-likeness (QED) is 0.499. The monoisotopic (exact) mass is 361 g/mol. The first-order valence-corrected chi connectivity index (χ1v) is 8.90. The van der Waals surface area contributed by atoms with Gasteiger partial charge in [-0.25, -0.2) is 10.4 Å². The molecule has 6 heteroatoms. The Balaban J connectivity index is 1.64. The third kappa shape index (κ3) is 5.28. The zero-order chi connectivity index (χ0) is 19.1. The summed E-state index contributed by atoms with van der Waals surface area (Å²) in [6.45, 7) is 5.71. The number of aromatic amines is 1. The smallest absolute Gasteiger partial charge is 0.252 e. The van der Waals surface area contributed by atoms with E-state index in [0.717, 1.165) is 24.3 Å². The van der Waals surface area contributed by atoms with Crippen LogP contribution in [0.4, 0.5) is 11.6 Å². The molecule has 3 rings (SSSR count). The first-order chi connectivity index (χ1) is 13.1. The molecule has 27 heavy (non-hydrogen) atoms. The van der Waals surface area contributed by atoms with Crippen LogP contribution in [0.2, 0.25) is 0 Å². The lowest BCUT2D eigenvalue weighted by molar-refractivity contribution is 0.832. The molecule has 0 saturated carbocycles. The van der Waals surface area contributed by atoms with Gasteiger partial charge in [0, 0.05) is 30.5 Å². The highest BCUT2D eigenvalue weighted by molar-refractivity contribution is 5.80. The predicted molar refractivity (Wildman–Crippen MR) is 110 cm³/mol. The van der Waals surface area contributed by atoms with Crippen LogP contribution in [-0.4, -0.2) is 22.7 Å². The number of H-pyrrole nitrogens is 1. The number of aryl methyl sites for hydroxylation is 1. The molecule has 138 valence electrons. The van der Waals surface area contributed by atoms with Crippen molar-refractivity contribution in [2.24, 2.45) is 5.10 Å². The van der Waals surface area contributed by atoms with E-state index in [0.29, 0.717) is 11.6 Å². The van der Waals surface area contributed by atoms with Crippen LogP contribution in [0.3, 0.4) is 0 Å². The Bertz CT molecular complexity index is 948. The van der Waals surface area contributed by atoms with Crippen molar-refractivity contribution in [3.05, 3.63) is 87.8 Å². The summed E-state index contributed by atoms with van der Waals surface area (Å²) in [7, 11) is 0. The van der Waals surface area contributed by atoms with Crippen LogP contribution >= 0.6 is 0 Å². The van der Waals surface area contributed by atoms with Gasteiger partial charge in [-0.15, -0.1) is 0 Å². The summed E-state index contributed by atoms with van der Waals surface area (Å²) in [6.07, 6.45) is 1.69. The molecular weight excluding hydrogens is 338 g/mol. The Morgan fingerprint density at radius 2 is 1.89 bits per heavy atom. The molecule has 0 unspecified atom stereocenters. The van der Waals surface area contributed by atoms with Crippen molar-refractivity contribution < 1.29 is 0 Å². The van der Waals surface area contributed by atoms with Gasteiger partial charge in [-0.05, 0) is 37.1 Å². The van der Waals surface area contributed by atoms with Gasteiger partial charge < -0.3 is 4.90 Å². The molecule has 0 atom stereocenters. The molecule has 0 aliphatic rings. The minimum Gasteiger partial charge on any atom is -0.367 e. The molecule has 0 saturated heterocycles. The van der Waals surface area contributed by atoms with Crippen molar-refractivity contribution in [1.29, 1.82) is 0 Å². The van der Waals surface area contributed by atoms with Crippen LogP contribution in [-0.2, 0) is 6.54 Å². The van der Waals surface area contributed by atoms with Crippen LogP contribution in [0.25, 0.3) is 0 Å². The normalized spacial score (nSPS) is 10.9. The molecule has 0 amide bonds. The Kier molecular flexibility index (Phi) is 5.99. The molecule has 6 nitrogen and oxygen atoms in total. The van der Waals surface area contributed by atoms with E-state index in [2.05, 4.69) is 68.7 Å². The molecule has 0 bridgehead atoms. The summed E-state index contributed by atoms with van der Waals surface area (Å²) < 4.78 is 0. The average molecular weight is 361 g/mol. The fourth-order valence-corrected chi connectivity index (χ4v) is 2.76. The van der Waals surface area contributed by atoms with Gasteiger partial charge in [0.05, 0.1) is 6.21 Å². The minimum atomic E-state index is -0.206. The largest absolute Gasteiger partial charge is 0.367 e. The summed E-state index contributed by atoms with van der Waals surface area (Å²) in [5, 5.41) is 4.14. The first-order valence-electron chi connectivity index (χ1n) is 8.90. The molecule has 0 radical (unpaired) electrons. The van der Waals surface area contributed by atoms with Crippen molar-refractivity contribution in [2.75, 3.05) is 16.9 Å². The van der Waals surface area contributed by atoms with Gasteiger partial charge >= 0.3 is 0 Å². The number of nitrogens with zero attached hydrogens (tertiary/aromatic N) is 3. The standard InChI is InChI=1S/C21H23N5O/c1-3-26(15-18-7-5-4-6-8-18)19-11-9-17(10-12-19)14-22-25-21-23-16(2)13-20(27)24-21/h4-14H,3,15H2,1-2H3,(H2,23,24,25,27)/b22-14+. The Hall–Kier alpha value is -3.41. The lowest BCUT2D eigenvalue weighted by Crippen LogP contribution is -2.21. The number of hydrogen-bond donors (Lipinski definition) is 2. The fraction of sp³-hybridized carbons (Fsp3) is 0.190. The number of rotatable bonds is 7. The Morgan fingerprint density at radius 1 is 1.15 bits per heavy atom. The Morgan fingerprint density at radius 3 is 2.56 bits per heavy atom. The highest BCUT2D eigenvalue weighted by atomic mass is 16.1. The van der Waals surface area contributed by atoms with E-state index >= 15 is 0 Å². The van der Waals surface area contributed by atoms with E-state index in [1.165, 1.54) is 11.6 Å². The number of anilines is 2. The van der Waals surface area contributed by atoms with Gasteiger partial charge in [0.1, 0.15) is 0 Å². The van der Waals surface area contributed by atoms with Gasteiger partial charge in [-0.3, -0.25) is 9.78 Å². The third-order valence-corrected chi connectivity index (χ3v) is 4.11. The predicted octanol–water partition coefficient (Wildman–Crippen LogP) is 3.55. The topological polar surface area (TPSA) is 73.4 Å². The van der Waals surface area contributed by atoms with Gasteiger partial charge in [0.15, 0.2) is 0 Å². The number of aromatic nitrogens is 2. The first kappa shape index (κ1) is 18.4. The van der Waals surface area contributed by atoms with E-state index in [1.54, 1.807) is 13.1 Å². The molecule has 3 aromatic rings. The maximum Gasteiger partial charge on any atom is 0.252 e. The summed E-state index contributed by atoms with van der Waals surface area (Å²) in [4.78, 5) is 20.5. The molecule has 1 heterocycles. The molecule has 2 aromatic carbocycles. The maximum absolute atomic E-state index is 11.4. The number of hydrazone groups is 1. The van der Waals surface area contributed by atoms with E-state index in [-0.39, 0.29) is 5.56 Å². The highest BCUT2D eigenvalue weighted by Gasteiger charge is 2.05. The van der Waals surface area contributed by atoms with Crippen LogP contribution in [0.5, 0.6) is 0 Å². The van der Waals surface area contributed by atoms with E-state index in [4.69, 9.17) is 0 Å². The second-order valence-corrected chi connectivity index (χ2v) is 6.20. The van der Waals surface area contributed by atoms with Crippen molar-refractivity contribution in [2.45, 2.75) is 20.4 Å². The van der Waals surface area contributed by atoms with Crippen molar-refractivity contribution in [3.8, 4) is 0 Å². The van der Waals surface area contributed by atoms with Crippen LogP contribution in [0.15, 0.2) is 70.6 Å². The maximum atomic E-state index is 11.4. The van der Waals surface area contributed by atoms with Gasteiger partial charge in [-0.1, -0.05) is 42.5 Å². The van der Waals surface area contributed by atoms with Crippen molar-refractivity contribution in [3.63, 3.8) is 0 Å². The summed E-state index contributed by atoms with van der Waals surface area (Å²) >= 11 is 0. The summed E-state index contributed by atoms with van der Waals surface area (Å²) in [6, 6.07) is 20.1. The lowest BCUT2D eigenvalue weighted by Gasteiger charge is -2.23. The van der Waals surface area contributed by atoms with Crippen LogP contribution in [0, 0.1) is 6.92 Å². The Labute approximate surface area is 158 Å². The average Bonchev–Trinajstić information content (AvgIpc) is 2.67. The summed E-state index contributed by atoms with van der Waals surface area (Å²) in [5.74, 6) is 0.327. The van der Waals surface area contributed by atoms with Gasteiger partial charge in [0.25, 0.3) is 5.56 Å². The van der Waals surface area contributed by atoms with Crippen LogP contribution < -0.4 is 15.9 Å². The van der Waals surface area contributed by atoms with Gasteiger partial charge in [-0.2, -0.15) is 5.10 Å². The van der Waals surface area contributed by atoms with Crippen molar-refractivity contribution >= 4 is 17.9 Å². The number of benzene rings is 2. The molecule has 2 N–H and O–H groups in total. The molecule has 0 aliphatic carbocycles. The van der Waals surface area contributed by atoms with Crippen LogP contribution in [0.1, 0.15) is 23.7 Å². The highest BCUT2D eigenvalue weighted by Crippen LogP contribution is 2.17. The molecule has 0 spiro atoms. The number of nitrogens with one attached hydrogen (secondary N) is 2.